The number of aromatic nitrogens is 5. The molecule has 0 saturated heterocycles. The number of hydrogen-bond acceptors (Lipinski definition) is 4. The van der Waals surface area contributed by atoms with Crippen molar-refractivity contribution in [3.63, 3.8) is 0 Å². The SMILES string of the molecule is c1ccc2oc(-c3cc(-c4nc5ccccc5o4)c(-n4c5ccccc5c5ccccc54)c(-n4c5ccccc5c5ccccc54)c3-n3c4ccccc4c4ccccc43)nc2c1. The molecule has 0 amide bonds. The van der Waals surface area contributed by atoms with Crippen LogP contribution in [-0.2, 0) is 0 Å². The van der Waals surface area contributed by atoms with E-state index in [2.05, 4.69) is 165 Å². The molecule has 294 valence electrons. The van der Waals surface area contributed by atoms with Crippen molar-refractivity contribution in [3.8, 4) is 40.0 Å². The van der Waals surface area contributed by atoms with Crippen LogP contribution in [0, 0.1) is 0 Å². The molecule has 0 aliphatic rings. The predicted molar refractivity (Wildman–Crippen MR) is 255 cm³/mol. The number of oxazole rings is 2. The lowest BCUT2D eigenvalue weighted by atomic mass is 10.0. The van der Waals surface area contributed by atoms with Crippen LogP contribution >= 0.6 is 0 Å². The molecule has 0 bridgehead atoms. The third-order valence-electron chi connectivity index (χ3n) is 12.7. The Morgan fingerprint density at radius 2 is 0.556 bits per heavy atom. The molecule has 7 heteroatoms. The monoisotopic (exact) mass is 807 g/mol. The number of fused-ring (bicyclic) bond motifs is 11. The second-order valence-corrected chi connectivity index (χ2v) is 16.1. The largest absolute Gasteiger partial charge is 0.436 e. The molecular formula is C56H33N5O2. The van der Waals surface area contributed by atoms with E-state index in [0.717, 1.165) is 105 Å². The Morgan fingerprint density at radius 3 is 0.873 bits per heavy atom. The van der Waals surface area contributed by atoms with Crippen molar-refractivity contribution < 1.29 is 8.83 Å². The minimum Gasteiger partial charge on any atom is -0.436 e. The van der Waals surface area contributed by atoms with Crippen LogP contribution in [0.2, 0.25) is 0 Å². The Balaban J connectivity index is 1.32. The molecule has 0 fully saturated rings. The summed E-state index contributed by atoms with van der Waals surface area (Å²) in [6.07, 6.45) is 0. The summed E-state index contributed by atoms with van der Waals surface area (Å²) in [5.41, 5.74) is 13.6. The van der Waals surface area contributed by atoms with Gasteiger partial charge in [-0.1, -0.05) is 133 Å². The van der Waals surface area contributed by atoms with E-state index in [-0.39, 0.29) is 0 Å². The maximum absolute atomic E-state index is 6.89. The first-order valence-corrected chi connectivity index (χ1v) is 21.2. The fourth-order valence-electron chi connectivity index (χ4n) is 10.1. The number of nitrogens with zero attached hydrogens (tertiary/aromatic N) is 5. The fraction of sp³-hybridized carbons (Fsp3) is 0. The Bertz CT molecular complexity index is 3740. The van der Waals surface area contributed by atoms with Crippen LogP contribution in [0.15, 0.2) is 209 Å². The lowest BCUT2D eigenvalue weighted by Gasteiger charge is -2.26. The third kappa shape index (κ3) is 4.78. The molecule has 9 aromatic carbocycles. The standard InChI is InChI=1S/C56H33N5O2/c1-9-25-44-34(17-1)35-18-2-10-26-45(35)59(44)52-40(55-57-42-23-7-15-31-50(42)62-55)33-41(56-58-43-24-8-16-32-51(43)63-56)53(60-46-27-11-3-19-36(46)37-20-4-12-28-47(37)60)54(52)61-48-29-13-5-21-38(48)39-22-6-14-30-49(39)61/h1-33H. The van der Waals surface area contributed by atoms with Crippen LogP contribution in [0.25, 0.3) is 128 Å². The molecule has 14 rings (SSSR count). The van der Waals surface area contributed by atoms with Gasteiger partial charge in [0.1, 0.15) is 11.0 Å². The highest BCUT2D eigenvalue weighted by atomic mass is 16.4. The maximum Gasteiger partial charge on any atom is 0.229 e. The summed E-state index contributed by atoms with van der Waals surface area (Å²) < 4.78 is 21.1. The summed E-state index contributed by atoms with van der Waals surface area (Å²) in [5, 5.41) is 6.87. The van der Waals surface area contributed by atoms with E-state index in [1.807, 2.05) is 48.5 Å². The molecule has 0 saturated carbocycles. The number of benzene rings is 9. The van der Waals surface area contributed by atoms with E-state index < -0.39 is 0 Å². The van der Waals surface area contributed by atoms with Gasteiger partial charge in [-0.25, -0.2) is 9.97 Å². The van der Waals surface area contributed by atoms with Crippen LogP contribution in [0.1, 0.15) is 0 Å². The summed E-state index contributed by atoms with van der Waals surface area (Å²) in [6.45, 7) is 0. The predicted octanol–water partition coefficient (Wildman–Crippen LogP) is 14.6. The topological polar surface area (TPSA) is 66.8 Å². The normalized spacial score (nSPS) is 12.1. The molecule has 0 radical (unpaired) electrons. The van der Waals surface area contributed by atoms with E-state index in [4.69, 9.17) is 18.8 Å². The fourth-order valence-corrected chi connectivity index (χ4v) is 10.1. The Labute approximate surface area is 358 Å². The average molecular weight is 808 g/mol. The van der Waals surface area contributed by atoms with E-state index >= 15 is 0 Å². The van der Waals surface area contributed by atoms with Crippen molar-refractivity contribution >= 4 is 87.6 Å². The van der Waals surface area contributed by atoms with Crippen molar-refractivity contribution in [2.45, 2.75) is 0 Å². The van der Waals surface area contributed by atoms with Crippen molar-refractivity contribution in [2.24, 2.45) is 0 Å². The first-order valence-electron chi connectivity index (χ1n) is 21.2. The van der Waals surface area contributed by atoms with Gasteiger partial charge in [-0.3, -0.25) is 0 Å². The third-order valence-corrected chi connectivity index (χ3v) is 12.7. The lowest BCUT2D eigenvalue weighted by molar-refractivity contribution is 0.616. The Kier molecular flexibility index (Phi) is 6.98. The second-order valence-electron chi connectivity index (χ2n) is 16.1. The minimum atomic E-state index is 0.487. The van der Waals surface area contributed by atoms with Crippen LogP contribution in [0.5, 0.6) is 0 Å². The Hall–Kier alpha value is -8.68. The van der Waals surface area contributed by atoms with Gasteiger partial charge in [0.05, 0.1) is 61.3 Å². The van der Waals surface area contributed by atoms with Gasteiger partial charge in [0, 0.05) is 32.3 Å². The zero-order valence-corrected chi connectivity index (χ0v) is 33.6. The van der Waals surface area contributed by atoms with Crippen molar-refractivity contribution in [1.29, 1.82) is 0 Å². The van der Waals surface area contributed by atoms with E-state index in [1.165, 1.54) is 0 Å². The molecule has 0 aliphatic carbocycles. The van der Waals surface area contributed by atoms with Gasteiger partial charge in [0.15, 0.2) is 11.2 Å². The van der Waals surface area contributed by atoms with Crippen LogP contribution in [0.4, 0.5) is 0 Å². The highest BCUT2D eigenvalue weighted by Gasteiger charge is 2.33. The van der Waals surface area contributed by atoms with Crippen molar-refractivity contribution in [1.82, 2.24) is 23.7 Å². The van der Waals surface area contributed by atoms with Gasteiger partial charge in [0.25, 0.3) is 0 Å². The number of para-hydroxylation sites is 10. The molecule has 63 heavy (non-hydrogen) atoms. The molecule has 5 heterocycles. The van der Waals surface area contributed by atoms with Crippen molar-refractivity contribution in [2.75, 3.05) is 0 Å². The van der Waals surface area contributed by atoms with Crippen LogP contribution in [0.3, 0.4) is 0 Å². The Morgan fingerprint density at radius 1 is 0.286 bits per heavy atom. The molecule has 14 aromatic rings. The first kappa shape index (κ1) is 34.1. The summed E-state index contributed by atoms with van der Waals surface area (Å²) in [6, 6.07) is 70.3. The average Bonchev–Trinajstić information content (AvgIpc) is 4.17. The van der Waals surface area contributed by atoms with Crippen LogP contribution in [-0.4, -0.2) is 23.7 Å². The van der Waals surface area contributed by atoms with Gasteiger partial charge in [-0.15, -0.1) is 0 Å². The summed E-state index contributed by atoms with van der Waals surface area (Å²) >= 11 is 0. The molecule has 0 N–H and O–H groups in total. The number of rotatable bonds is 5. The highest BCUT2D eigenvalue weighted by molar-refractivity contribution is 6.15. The zero-order chi connectivity index (χ0) is 41.2. The van der Waals surface area contributed by atoms with Gasteiger partial charge < -0.3 is 22.5 Å². The van der Waals surface area contributed by atoms with Gasteiger partial charge >= 0.3 is 0 Å². The molecule has 7 nitrogen and oxygen atoms in total. The number of hydrogen-bond donors (Lipinski definition) is 0. The first-order chi connectivity index (χ1) is 31.3. The molecule has 0 atom stereocenters. The zero-order valence-electron chi connectivity index (χ0n) is 33.6. The second kappa shape index (κ2) is 12.9. The van der Waals surface area contributed by atoms with Crippen molar-refractivity contribution in [3.05, 3.63) is 200 Å². The summed E-state index contributed by atoms with van der Waals surface area (Å²) in [4.78, 5) is 10.6. The van der Waals surface area contributed by atoms with E-state index in [9.17, 15) is 0 Å². The van der Waals surface area contributed by atoms with Gasteiger partial charge in [-0.2, -0.15) is 0 Å². The quantitative estimate of drug-likeness (QED) is 0.174. The minimum absolute atomic E-state index is 0.487. The summed E-state index contributed by atoms with van der Waals surface area (Å²) in [7, 11) is 0. The molecule has 5 aromatic heterocycles. The van der Waals surface area contributed by atoms with E-state index in [1.54, 1.807) is 0 Å². The molecule has 0 aliphatic heterocycles. The van der Waals surface area contributed by atoms with Gasteiger partial charge in [0.2, 0.25) is 11.8 Å². The molecule has 0 spiro atoms. The van der Waals surface area contributed by atoms with Gasteiger partial charge in [-0.05, 0) is 66.7 Å². The smallest absolute Gasteiger partial charge is 0.229 e. The summed E-state index contributed by atoms with van der Waals surface area (Å²) in [5.74, 6) is 0.974. The lowest BCUT2D eigenvalue weighted by Crippen LogP contribution is -2.12. The molecule has 0 unspecified atom stereocenters. The highest BCUT2D eigenvalue weighted by Crippen LogP contribution is 2.50. The van der Waals surface area contributed by atoms with Crippen LogP contribution < -0.4 is 0 Å². The maximum atomic E-state index is 6.89. The molecular weight excluding hydrogens is 775 g/mol. The van der Waals surface area contributed by atoms with E-state index in [0.29, 0.717) is 22.9 Å².